The Morgan fingerprint density at radius 1 is 1.07 bits per heavy atom. The molecule has 0 spiro atoms. The maximum atomic E-state index is 13.5. The van der Waals surface area contributed by atoms with Crippen LogP contribution in [0.4, 0.5) is 0 Å². The first-order valence-corrected chi connectivity index (χ1v) is 15.4. The van der Waals surface area contributed by atoms with E-state index in [9.17, 15) is 21.6 Å². The molecule has 15 heteroatoms. The fourth-order valence-electron chi connectivity index (χ4n) is 4.59. The van der Waals surface area contributed by atoms with Gasteiger partial charge in [0.05, 0.1) is 20.3 Å². The van der Waals surface area contributed by atoms with E-state index in [1.165, 1.54) is 42.5 Å². The molecule has 13 nitrogen and oxygen atoms in total. The van der Waals surface area contributed by atoms with Gasteiger partial charge < -0.3 is 19.4 Å². The molecule has 2 aromatic rings. The highest BCUT2D eigenvalue weighted by molar-refractivity contribution is 7.91. The molecule has 218 valence electrons. The standard InChI is InChI=1S/C25H32N4O9S2/c1-17-12-19(36-15-18-9-11-28(25(26)27)37-16-18)14-20(13-17)38-40(33,34)23-8-4-3-7-22(23)39(31,32)29-10-5-6-21(29)24(30)35-2/h3-4,7-8,12-14,18,21H,5-6,9-11,15-16H2,1-2H3,(H3,26,27). The van der Waals surface area contributed by atoms with E-state index in [0.29, 0.717) is 37.3 Å². The molecular weight excluding hydrogens is 564 g/mol. The lowest BCUT2D eigenvalue weighted by molar-refractivity contribution is -0.149. The number of benzene rings is 2. The number of carbonyl (C=O) groups excluding carboxylic acids is 1. The van der Waals surface area contributed by atoms with Crippen molar-refractivity contribution in [2.75, 3.05) is 33.4 Å². The third-order valence-corrected chi connectivity index (χ3v) is 9.98. The van der Waals surface area contributed by atoms with Gasteiger partial charge in [-0.1, -0.05) is 12.1 Å². The number of ether oxygens (including phenoxy) is 2. The first kappa shape index (κ1) is 29.6. The molecule has 0 bridgehead atoms. The molecule has 2 unspecified atom stereocenters. The Morgan fingerprint density at radius 3 is 2.42 bits per heavy atom. The summed E-state index contributed by atoms with van der Waals surface area (Å²) >= 11 is 0. The van der Waals surface area contributed by atoms with E-state index in [1.54, 1.807) is 13.0 Å². The molecule has 2 aromatic carbocycles. The Labute approximate surface area is 233 Å². The molecule has 40 heavy (non-hydrogen) atoms. The molecule has 0 aliphatic carbocycles. The average molecular weight is 597 g/mol. The quantitative estimate of drug-likeness (QED) is 0.186. The Morgan fingerprint density at radius 2 is 1.77 bits per heavy atom. The third kappa shape index (κ3) is 6.49. The normalized spacial score (nSPS) is 20.2. The summed E-state index contributed by atoms with van der Waals surface area (Å²) in [4.78, 5) is 16.6. The zero-order valence-corrected chi connectivity index (χ0v) is 23.7. The highest BCUT2D eigenvalue weighted by atomic mass is 32.2. The largest absolute Gasteiger partial charge is 0.493 e. The van der Waals surface area contributed by atoms with E-state index in [1.807, 2.05) is 0 Å². The van der Waals surface area contributed by atoms with E-state index in [4.69, 9.17) is 29.6 Å². The van der Waals surface area contributed by atoms with Crippen LogP contribution in [0.2, 0.25) is 0 Å². The number of carbonyl (C=O) groups is 1. The minimum absolute atomic E-state index is 0.0284. The fourth-order valence-corrected chi connectivity index (χ4v) is 7.93. The molecule has 2 aliphatic heterocycles. The van der Waals surface area contributed by atoms with Crippen LogP contribution < -0.4 is 14.7 Å². The van der Waals surface area contributed by atoms with E-state index >= 15 is 0 Å². The summed E-state index contributed by atoms with van der Waals surface area (Å²) in [5.41, 5.74) is 6.08. The van der Waals surface area contributed by atoms with Gasteiger partial charge in [0.1, 0.15) is 27.3 Å². The summed E-state index contributed by atoms with van der Waals surface area (Å²) in [5, 5.41) is 8.73. The SMILES string of the molecule is COC(=O)C1CCCN1S(=O)(=O)c1ccccc1S(=O)(=O)Oc1cc(C)cc(OCC2CCN(C(=N)N)OC2)c1. The molecule has 2 atom stereocenters. The summed E-state index contributed by atoms with van der Waals surface area (Å²) < 4.78 is 70.8. The summed E-state index contributed by atoms with van der Waals surface area (Å²) in [6.07, 6.45) is 1.38. The topological polar surface area (TPSA) is 179 Å². The molecule has 2 heterocycles. The van der Waals surface area contributed by atoms with Crippen molar-refractivity contribution in [2.24, 2.45) is 11.7 Å². The zero-order chi connectivity index (χ0) is 29.1. The van der Waals surface area contributed by atoms with E-state index in [-0.39, 0.29) is 37.2 Å². The molecule has 2 saturated heterocycles. The van der Waals surface area contributed by atoms with Gasteiger partial charge in [0.15, 0.2) is 0 Å². The second-order valence-corrected chi connectivity index (χ2v) is 12.9. The van der Waals surface area contributed by atoms with Gasteiger partial charge in [-0.3, -0.25) is 15.0 Å². The molecular formula is C25H32N4O9S2. The second-order valence-electron chi connectivity index (χ2n) is 9.51. The number of guanidine groups is 1. The monoisotopic (exact) mass is 596 g/mol. The fraction of sp³-hybridized carbons (Fsp3) is 0.440. The van der Waals surface area contributed by atoms with Gasteiger partial charge in [0, 0.05) is 25.1 Å². The minimum Gasteiger partial charge on any atom is -0.493 e. The molecule has 2 fully saturated rings. The van der Waals surface area contributed by atoms with Crippen LogP contribution in [0.3, 0.4) is 0 Å². The minimum atomic E-state index is -4.62. The van der Waals surface area contributed by atoms with Crippen molar-refractivity contribution < 1.29 is 40.1 Å². The first-order valence-electron chi connectivity index (χ1n) is 12.5. The number of hydrogen-bond donors (Lipinski definition) is 2. The Bertz CT molecular complexity index is 1470. The number of hydrogen-bond acceptors (Lipinski definition) is 10. The third-order valence-electron chi connectivity index (χ3n) is 6.57. The molecule has 3 N–H and O–H groups in total. The van der Waals surface area contributed by atoms with Gasteiger partial charge in [-0.25, -0.2) is 13.5 Å². The van der Waals surface area contributed by atoms with Crippen molar-refractivity contribution in [1.82, 2.24) is 9.37 Å². The van der Waals surface area contributed by atoms with Crippen molar-refractivity contribution in [3.8, 4) is 11.5 Å². The summed E-state index contributed by atoms with van der Waals surface area (Å²) in [6.45, 7) is 2.82. The van der Waals surface area contributed by atoms with Crippen LogP contribution in [-0.2, 0) is 34.5 Å². The van der Waals surface area contributed by atoms with Crippen molar-refractivity contribution >= 4 is 32.1 Å². The van der Waals surface area contributed by atoms with Crippen LogP contribution in [0.1, 0.15) is 24.8 Å². The lowest BCUT2D eigenvalue weighted by Crippen LogP contribution is -2.43. The molecule has 0 aromatic heterocycles. The zero-order valence-electron chi connectivity index (χ0n) is 22.1. The molecule has 4 rings (SSSR count). The van der Waals surface area contributed by atoms with Gasteiger partial charge in [-0.05, 0) is 56.0 Å². The van der Waals surface area contributed by atoms with Crippen LogP contribution in [0, 0.1) is 18.3 Å². The van der Waals surface area contributed by atoms with Crippen LogP contribution in [0.25, 0.3) is 0 Å². The van der Waals surface area contributed by atoms with Crippen LogP contribution >= 0.6 is 0 Å². The van der Waals surface area contributed by atoms with Gasteiger partial charge in [0.25, 0.3) is 0 Å². The van der Waals surface area contributed by atoms with Gasteiger partial charge in [-0.2, -0.15) is 12.7 Å². The highest BCUT2D eigenvalue weighted by Gasteiger charge is 2.42. The lowest BCUT2D eigenvalue weighted by atomic mass is 10.1. The number of nitrogens with zero attached hydrogens (tertiary/aromatic N) is 2. The Kier molecular flexibility index (Phi) is 8.87. The predicted octanol–water partition coefficient (Wildman–Crippen LogP) is 1.61. The lowest BCUT2D eigenvalue weighted by Gasteiger charge is -2.31. The summed E-state index contributed by atoms with van der Waals surface area (Å²) in [5.74, 6) is -0.544. The number of nitrogens with one attached hydrogen (secondary N) is 1. The number of nitrogens with two attached hydrogens (primary N) is 1. The number of sulfonamides is 1. The van der Waals surface area contributed by atoms with E-state index in [0.717, 1.165) is 10.4 Å². The Balaban J connectivity index is 1.53. The highest BCUT2D eigenvalue weighted by Crippen LogP contribution is 2.33. The van der Waals surface area contributed by atoms with Crippen LogP contribution in [0.5, 0.6) is 11.5 Å². The van der Waals surface area contributed by atoms with Gasteiger partial charge in [0.2, 0.25) is 16.0 Å². The molecule has 0 amide bonds. The summed E-state index contributed by atoms with van der Waals surface area (Å²) in [6, 6.07) is 8.67. The summed E-state index contributed by atoms with van der Waals surface area (Å²) in [7, 11) is -7.83. The first-order chi connectivity index (χ1) is 18.9. The molecule has 0 radical (unpaired) electrons. The smallest absolute Gasteiger partial charge is 0.340 e. The maximum Gasteiger partial charge on any atom is 0.340 e. The second kappa shape index (κ2) is 12.0. The number of aryl methyl sites for hydroxylation is 1. The number of methoxy groups -OCH3 is 1. The van der Waals surface area contributed by atoms with Crippen molar-refractivity contribution in [3.63, 3.8) is 0 Å². The van der Waals surface area contributed by atoms with Gasteiger partial charge >= 0.3 is 16.1 Å². The van der Waals surface area contributed by atoms with E-state index in [2.05, 4.69) is 0 Å². The van der Waals surface area contributed by atoms with Crippen molar-refractivity contribution in [2.45, 2.75) is 42.0 Å². The van der Waals surface area contributed by atoms with Crippen LogP contribution in [0.15, 0.2) is 52.3 Å². The number of hydroxylamine groups is 2. The Hall–Kier alpha value is -3.40. The predicted molar refractivity (Wildman–Crippen MR) is 143 cm³/mol. The number of esters is 1. The van der Waals surface area contributed by atoms with Crippen molar-refractivity contribution in [3.05, 3.63) is 48.0 Å². The molecule has 0 saturated carbocycles. The number of rotatable bonds is 9. The van der Waals surface area contributed by atoms with Gasteiger partial charge in [-0.15, -0.1) is 0 Å². The van der Waals surface area contributed by atoms with Crippen LogP contribution in [-0.4, -0.2) is 77.6 Å². The molecule has 2 aliphatic rings. The average Bonchev–Trinajstić information content (AvgIpc) is 3.42. The van der Waals surface area contributed by atoms with Crippen molar-refractivity contribution in [1.29, 1.82) is 5.41 Å². The maximum absolute atomic E-state index is 13.5. The van der Waals surface area contributed by atoms with E-state index < -0.39 is 41.9 Å².